The number of alkyl halides is 3. The average Bonchev–Trinajstić information content (AvgIpc) is 2.47. The average molecular weight is 383 g/mol. The van der Waals surface area contributed by atoms with E-state index in [-0.39, 0.29) is 36.0 Å². The summed E-state index contributed by atoms with van der Waals surface area (Å²) in [4.78, 5) is 13.4. The Balaban J connectivity index is 1.99. The molecule has 3 nitrogen and oxygen atoms in total. The zero-order valence-electron chi connectivity index (χ0n) is 11.8. The number of rotatable bonds is 1. The highest BCUT2D eigenvalue weighted by atomic mass is 79.9. The normalized spacial score (nSPS) is 16.7. The lowest BCUT2D eigenvalue weighted by molar-refractivity contribution is -0.183. The van der Waals surface area contributed by atoms with Gasteiger partial charge in [0.25, 0.3) is 0 Å². The summed E-state index contributed by atoms with van der Waals surface area (Å²) in [6.07, 6.45) is -4.43. The van der Waals surface area contributed by atoms with E-state index in [4.69, 9.17) is 0 Å². The predicted octanol–water partition coefficient (Wildman–Crippen LogP) is 4.70. The molecule has 1 fully saturated rings. The van der Waals surface area contributed by atoms with Gasteiger partial charge in [-0.15, -0.1) is 0 Å². The number of amides is 2. The third-order valence-electron chi connectivity index (χ3n) is 3.83. The van der Waals surface area contributed by atoms with Crippen LogP contribution in [0.1, 0.15) is 18.4 Å². The molecule has 1 saturated heterocycles. The first-order chi connectivity index (χ1) is 10.2. The van der Waals surface area contributed by atoms with Gasteiger partial charge in [0, 0.05) is 24.3 Å². The molecule has 1 aromatic rings. The molecule has 0 atom stereocenters. The van der Waals surface area contributed by atoms with Gasteiger partial charge >= 0.3 is 12.2 Å². The van der Waals surface area contributed by atoms with E-state index in [1.165, 1.54) is 17.9 Å². The highest BCUT2D eigenvalue weighted by molar-refractivity contribution is 9.10. The number of nitrogens with one attached hydrogen (secondary N) is 1. The molecule has 0 spiro atoms. The van der Waals surface area contributed by atoms with Crippen LogP contribution in [0.4, 0.5) is 28.0 Å². The Bertz CT molecular complexity index is 569. The van der Waals surface area contributed by atoms with Crippen molar-refractivity contribution in [3.05, 3.63) is 28.0 Å². The summed E-state index contributed by atoms with van der Waals surface area (Å²) in [5.74, 6) is -1.84. The first-order valence-corrected chi connectivity index (χ1v) is 7.56. The minimum atomic E-state index is -4.21. The number of halogens is 5. The van der Waals surface area contributed by atoms with Gasteiger partial charge in [-0.1, -0.05) is 0 Å². The number of piperidine rings is 1. The highest BCUT2D eigenvalue weighted by Crippen LogP contribution is 2.34. The predicted molar refractivity (Wildman–Crippen MR) is 78.2 cm³/mol. The monoisotopic (exact) mass is 382 g/mol. The molecule has 22 heavy (non-hydrogen) atoms. The second-order valence-corrected chi connectivity index (χ2v) is 6.12. The van der Waals surface area contributed by atoms with Crippen molar-refractivity contribution >= 4 is 27.6 Å². The number of nitrogens with zero attached hydrogens (tertiary/aromatic N) is 1. The van der Waals surface area contributed by atoms with Gasteiger partial charge in [-0.3, -0.25) is 0 Å². The number of likely N-dealkylation sites (tertiary alicyclic amines) is 1. The molecule has 0 aliphatic carbocycles. The number of carbonyl (C=O) groups excluding carboxylic acids is 1. The summed E-state index contributed by atoms with van der Waals surface area (Å²) in [6.45, 7) is 1.59. The number of hydrogen-bond donors (Lipinski definition) is 1. The van der Waals surface area contributed by atoms with E-state index in [0.29, 0.717) is 5.69 Å². The Kier molecular flexibility index (Phi) is 4.99. The van der Waals surface area contributed by atoms with Crippen LogP contribution in [0.25, 0.3) is 0 Å². The molecule has 1 aromatic carbocycles. The van der Waals surface area contributed by atoms with Crippen molar-refractivity contribution in [2.45, 2.75) is 25.9 Å². The number of benzene rings is 1. The molecule has 0 radical (unpaired) electrons. The maximum absolute atomic E-state index is 13.7. The van der Waals surface area contributed by atoms with Crippen molar-refractivity contribution < 1.29 is 22.4 Å². The summed E-state index contributed by atoms with van der Waals surface area (Å²) < 4.78 is 51.8. The molecule has 0 saturated carbocycles. The van der Waals surface area contributed by atoms with Gasteiger partial charge in [0.05, 0.1) is 10.4 Å². The molecule has 1 N–H and O–H groups in total. The molecule has 2 amide bonds. The second kappa shape index (κ2) is 6.44. The first-order valence-electron chi connectivity index (χ1n) is 6.77. The van der Waals surface area contributed by atoms with Gasteiger partial charge in [0.15, 0.2) is 0 Å². The lowest BCUT2D eigenvalue weighted by Crippen LogP contribution is -2.44. The van der Waals surface area contributed by atoms with Gasteiger partial charge < -0.3 is 10.2 Å². The molecule has 1 aliphatic heterocycles. The Morgan fingerprint density at radius 3 is 2.45 bits per heavy atom. The zero-order valence-corrected chi connectivity index (χ0v) is 13.4. The minimum Gasteiger partial charge on any atom is -0.325 e. The molecular weight excluding hydrogens is 368 g/mol. The number of urea groups is 1. The van der Waals surface area contributed by atoms with Gasteiger partial charge in [0.1, 0.15) is 5.82 Å². The van der Waals surface area contributed by atoms with Crippen LogP contribution in [0, 0.1) is 18.7 Å². The zero-order chi connectivity index (χ0) is 16.5. The Morgan fingerprint density at radius 2 is 1.91 bits per heavy atom. The number of hydrogen-bond acceptors (Lipinski definition) is 1. The van der Waals surface area contributed by atoms with E-state index in [1.807, 2.05) is 0 Å². The first kappa shape index (κ1) is 17.1. The number of carbonyl (C=O) groups is 1. The fourth-order valence-corrected chi connectivity index (χ4v) is 2.82. The van der Waals surface area contributed by atoms with Gasteiger partial charge in [0.2, 0.25) is 0 Å². The van der Waals surface area contributed by atoms with Crippen LogP contribution in [0.3, 0.4) is 0 Å². The van der Waals surface area contributed by atoms with E-state index in [1.54, 1.807) is 6.07 Å². The van der Waals surface area contributed by atoms with Crippen molar-refractivity contribution in [1.82, 2.24) is 4.90 Å². The van der Waals surface area contributed by atoms with Crippen LogP contribution in [0.2, 0.25) is 0 Å². The summed E-state index contributed by atoms with van der Waals surface area (Å²) in [7, 11) is 0. The summed E-state index contributed by atoms with van der Waals surface area (Å²) in [5, 5.41) is 2.55. The van der Waals surface area contributed by atoms with Crippen LogP contribution in [-0.4, -0.2) is 30.2 Å². The number of anilines is 1. The van der Waals surface area contributed by atoms with E-state index in [9.17, 15) is 22.4 Å². The Hall–Kier alpha value is -1.31. The maximum Gasteiger partial charge on any atom is 0.391 e. The Morgan fingerprint density at radius 1 is 1.32 bits per heavy atom. The fraction of sp³-hybridized carbons (Fsp3) is 0.500. The lowest BCUT2D eigenvalue weighted by Gasteiger charge is -2.33. The molecule has 2 rings (SSSR count). The van der Waals surface area contributed by atoms with Crippen LogP contribution in [0.15, 0.2) is 16.6 Å². The summed E-state index contributed by atoms with van der Waals surface area (Å²) in [6, 6.07) is 2.50. The summed E-state index contributed by atoms with van der Waals surface area (Å²) >= 11 is 3.04. The topological polar surface area (TPSA) is 32.3 Å². The van der Waals surface area contributed by atoms with Crippen LogP contribution in [0.5, 0.6) is 0 Å². The molecule has 8 heteroatoms. The van der Waals surface area contributed by atoms with Crippen molar-refractivity contribution in [3.8, 4) is 0 Å². The molecular formula is C14H15BrF4N2O. The van der Waals surface area contributed by atoms with Crippen molar-refractivity contribution in [1.29, 1.82) is 0 Å². The molecule has 1 aliphatic rings. The molecule has 1 heterocycles. The van der Waals surface area contributed by atoms with E-state index in [2.05, 4.69) is 21.2 Å². The summed E-state index contributed by atoms with van der Waals surface area (Å²) in [5.41, 5.74) is 0.580. The third-order valence-corrected chi connectivity index (χ3v) is 4.44. The molecule has 0 unspecified atom stereocenters. The molecule has 122 valence electrons. The molecule has 0 bridgehead atoms. The van der Waals surface area contributed by atoms with Crippen molar-refractivity contribution in [2.24, 2.45) is 5.92 Å². The minimum absolute atomic E-state index is 0.0358. The van der Waals surface area contributed by atoms with Crippen LogP contribution in [-0.2, 0) is 0 Å². The van der Waals surface area contributed by atoms with Gasteiger partial charge in [-0.2, -0.15) is 13.2 Å². The van der Waals surface area contributed by atoms with E-state index in [0.717, 1.165) is 0 Å². The van der Waals surface area contributed by atoms with Gasteiger partial charge in [-0.05, 0) is 47.8 Å². The smallest absolute Gasteiger partial charge is 0.325 e. The lowest BCUT2D eigenvalue weighted by atomic mass is 9.96. The van der Waals surface area contributed by atoms with Crippen molar-refractivity contribution in [2.75, 3.05) is 18.4 Å². The second-order valence-electron chi connectivity index (χ2n) is 5.27. The SMILES string of the molecule is Cc1c(NC(=O)N2CCC(C(F)(F)F)CC2)ccc(Br)c1F. The molecule has 0 aromatic heterocycles. The van der Waals surface area contributed by atoms with Crippen LogP contribution >= 0.6 is 15.9 Å². The standard InChI is InChI=1S/C14H15BrF4N2O/c1-8-11(3-2-10(15)12(8)16)20-13(22)21-6-4-9(5-7-21)14(17,18)19/h2-3,9H,4-7H2,1H3,(H,20,22). The highest BCUT2D eigenvalue weighted by Gasteiger charge is 2.41. The van der Waals surface area contributed by atoms with E-state index >= 15 is 0 Å². The quantitative estimate of drug-likeness (QED) is 0.701. The van der Waals surface area contributed by atoms with Gasteiger partial charge in [-0.25, -0.2) is 9.18 Å². The fourth-order valence-electron chi connectivity index (χ4n) is 2.39. The van der Waals surface area contributed by atoms with Crippen molar-refractivity contribution in [3.63, 3.8) is 0 Å². The third kappa shape index (κ3) is 3.71. The van der Waals surface area contributed by atoms with E-state index < -0.39 is 23.9 Å². The maximum atomic E-state index is 13.7. The largest absolute Gasteiger partial charge is 0.391 e. The van der Waals surface area contributed by atoms with Crippen LogP contribution < -0.4 is 5.32 Å². The Labute approximate surface area is 133 Å².